The number of nitrogens with zero attached hydrogens (tertiary/aromatic N) is 2. The number of benzene rings is 3. The molecule has 2 heterocycles. The summed E-state index contributed by atoms with van der Waals surface area (Å²) in [6, 6.07) is 28.8. The smallest absolute Gasteiger partial charge is 0.225 e. The lowest BCUT2D eigenvalue weighted by Crippen LogP contribution is -2.43. The van der Waals surface area contributed by atoms with Crippen LogP contribution in [-0.4, -0.2) is 31.2 Å². The SMILES string of the molecule is Fc1cc(-c2ccc(OCc3ccccc3)nc2OCc2ccccc2)ccc1N1CCNCC1. The summed E-state index contributed by atoms with van der Waals surface area (Å²) >= 11 is 0. The number of halogens is 1. The minimum Gasteiger partial charge on any atom is -0.473 e. The Balaban J connectivity index is 1.41. The second kappa shape index (κ2) is 11.0. The van der Waals surface area contributed by atoms with Crippen molar-refractivity contribution in [2.45, 2.75) is 13.2 Å². The Kier molecular flexibility index (Phi) is 7.20. The van der Waals surface area contributed by atoms with Crippen LogP contribution in [0.25, 0.3) is 11.1 Å². The molecule has 6 heteroatoms. The molecule has 3 aromatic carbocycles. The second-order valence-corrected chi connectivity index (χ2v) is 8.45. The van der Waals surface area contributed by atoms with Crippen LogP contribution in [0.3, 0.4) is 0 Å². The molecule has 0 bridgehead atoms. The van der Waals surface area contributed by atoms with Crippen LogP contribution in [0.4, 0.5) is 10.1 Å². The first-order valence-electron chi connectivity index (χ1n) is 11.9. The van der Waals surface area contributed by atoms with E-state index in [2.05, 4.69) is 15.2 Å². The van der Waals surface area contributed by atoms with Crippen LogP contribution < -0.4 is 19.7 Å². The average Bonchev–Trinajstić information content (AvgIpc) is 2.92. The van der Waals surface area contributed by atoms with Crippen LogP contribution in [-0.2, 0) is 13.2 Å². The fourth-order valence-corrected chi connectivity index (χ4v) is 4.13. The highest BCUT2D eigenvalue weighted by atomic mass is 19.1. The molecule has 1 aliphatic rings. The van der Waals surface area contributed by atoms with E-state index >= 15 is 4.39 Å². The molecular formula is C29H28FN3O2. The fourth-order valence-electron chi connectivity index (χ4n) is 4.13. The highest BCUT2D eigenvalue weighted by molar-refractivity contribution is 5.71. The fraction of sp³-hybridized carbons (Fsp3) is 0.207. The third kappa shape index (κ3) is 5.78. The van der Waals surface area contributed by atoms with Crippen molar-refractivity contribution >= 4 is 5.69 Å². The largest absolute Gasteiger partial charge is 0.473 e. The van der Waals surface area contributed by atoms with Gasteiger partial charge < -0.3 is 19.7 Å². The summed E-state index contributed by atoms with van der Waals surface area (Å²) < 4.78 is 27.2. The summed E-state index contributed by atoms with van der Waals surface area (Å²) in [7, 11) is 0. The Morgan fingerprint density at radius 1 is 0.771 bits per heavy atom. The van der Waals surface area contributed by atoms with E-state index in [0.717, 1.165) is 42.9 Å². The maximum absolute atomic E-state index is 15.1. The number of hydrogen-bond acceptors (Lipinski definition) is 5. The third-order valence-corrected chi connectivity index (χ3v) is 6.00. The van der Waals surface area contributed by atoms with Gasteiger partial charge in [-0.05, 0) is 34.9 Å². The molecule has 0 spiro atoms. The van der Waals surface area contributed by atoms with Crippen molar-refractivity contribution in [2.75, 3.05) is 31.1 Å². The molecule has 1 aromatic heterocycles. The molecule has 1 saturated heterocycles. The third-order valence-electron chi connectivity index (χ3n) is 6.00. The molecule has 35 heavy (non-hydrogen) atoms. The molecule has 1 N–H and O–H groups in total. The van der Waals surface area contributed by atoms with Crippen molar-refractivity contribution in [2.24, 2.45) is 0 Å². The van der Waals surface area contributed by atoms with E-state index in [-0.39, 0.29) is 5.82 Å². The normalized spacial score (nSPS) is 13.5. The molecule has 0 unspecified atom stereocenters. The van der Waals surface area contributed by atoms with Gasteiger partial charge >= 0.3 is 0 Å². The topological polar surface area (TPSA) is 46.6 Å². The first-order valence-corrected chi connectivity index (χ1v) is 11.9. The van der Waals surface area contributed by atoms with Crippen molar-refractivity contribution in [3.05, 3.63) is 108 Å². The summed E-state index contributed by atoms with van der Waals surface area (Å²) in [5.41, 5.74) is 4.13. The van der Waals surface area contributed by atoms with Gasteiger partial charge in [0.1, 0.15) is 19.0 Å². The molecule has 0 saturated carbocycles. The standard InChI is InChI=1S/C29H28FN3O2/c30-26-19-24(11-13-27(26)33-17-15-31-16-18-33)25-12-14-28(34-20-22-7-3-1-4-8-22)32-29(25)35-21-23-9-5-2-6-10-23/h1-14,19,31H,15-18,20-21H2. The molecule has 4 aromatic rings. The van der Waals surface area contributed by atoms with E-state index in [0.29, 0.717) is 36.2 Å². The zero-order valence-electron chi connectivity index (χ0n) is 19.5. The zero-order chi connectivity index (χ0) is 23.9. The van der Waals surface area contributed by atoms with Gasteiger partial charge in [0.15, 0.2) is 0 Å². The summed E-state index contributed by atoms with van der Waals surface area (Å²) in [5, 5.41) is 3.30. The van der Waals surface area contributed by atoms with Crippen LogP contribution in [0.5, 0.6) is 11.8 Å². The van der Waals surface area contributed by atoms with Gasteiger partial charge in [0, 0.05) is 37.8 Å². The maximum Gasteiger partial charge on any atom is 0.225 e. The lowest BCUT2D eigenvalue weighted by molar-refractivity contribution is 0.268. The highest BCUT2D eigenvalue weighted by Gasteiger charge is 2.17. The molecule has 178 valence electrons. The molecule has 1 fully saturated rings. The lowest BCUT2D eigenvalue weighted by atomic mass is 10.1. The van der Waals surface area contributed by atoms with Crippen LogP contribution in [0.15, 0.2) is 91.0 Å². The van der Waals surface area contributed by atoms with Gasteiger partial charge in [0.25, 0.3) is 0 Å². The van der Waals surface area contributed by atoms with Gasteiger partial charge in [-0.15, -0.1) is 0 Å². The van der Waals surface area contributed by atoms with Crippen LogP contribution in [0.2, 0.25) is 0 Å². The average molecular weight is 470 g/mol. The van der Waals surface area contributed by atoms with Crippen molar-refractivity contribution in [3.8, 4) is 22.9 Å². The number of piperazine rings is 1. The van der Waals surface area contributed by atoms with E-state index < -0.39 is 0 Å². The van der Waals surface area contributed by atoms with Gasteiger partial charge in [-0.1, -0.05) is 66.7 Å². The van der Waals surface area contributed by atoms with Gasteiger partial charge in [0.2, 0.25) is 11.8 Å². The van der Waals surface area contributed by atoms with E-state index in [1.807, 2.05) is 78.9 Å². The van der Waals surface area contributed by atoms with E-state index in [9.17, 15) is 0 Å². The van der Waals surface area contributed by atoms with Gasteiger partial charge in [0.05, 0.1) is 5.69 Å². The first kappa shape index (κ1) is 22.9. The van der Waals surface area contributed by atoms with Gasteiger partial charge in [-0.2, -0.15) is 4.98 Å². The number of aromatic nitrogens is 1. The quantitative estimate of drug-likeness (QED) is 0.372. The zero-order valence-corrected chi connectivity index (χ0v) is 19.5. The minimum absolute atomic E-state index is 0.247. The summed E-state index contributed by atoms with van der Waals surface area (Å²) in [6.07, 6.45) is 0. The summed E-state index contributed by atoms with van der Waals surface area (Å²) in [6.45, 7) is 4.04. The Labute approximate surface area is 205 Å². The predicted octanol–water partition coefficient (Wildman–Crippen LogP) is 5.46. The highest BCUT2D eigenvalue weighted by Crippen LogP contribution is 2.34. The molecule has 1 aliphatic heterocycles. The number of pyridine rings is 1. The maximum atomic E-state index is 15.1. The van der Waals surface area contributed by atoms with Crippen LogP contribution in [0, 0.1) is 5.82 Å². The van der Waals surface area contributed by atoms with Crippen LogP contribution >= 0.6 is 0 Å². The Morgan fingerprint density at radius 3 is 2.09 bits per heavy atom. The molecule has 5 rings (SSSR count). The van der Waals surface area contributed by atoms with Crippen molar-refractivity contribution in [1.82, 2.24) is 10.3 Å². The first-order chi connectivity index (χ1) is 17.3. The molecule has 5 nitrogen and oxygen atoms in total. The van der Waals surface area contributed by atoms with E-state index in [1.165, 1.54) is 0 Å². The number of rotatable bonds is 8. The molecule has 0 radical (unpaired) electrons. The van der Waals surface area contributed by atoms with Crippen LogP contribution in [0.1, 0.15) is 11.1 Å². The van der Waals surface area contributed by atoms with Gasteiger partial charge in [-0.3, -0.25) is 0 Å². The lowest BCUT2D eigenvalue weighted by Gasteiger charge is -2.29. The Bertz CT molecular complexity index is 1250. The molecule has 0 aliphatic carbocycles. The molecule has 0 amide bonds. The predicted molar refractivity (Wildman–Crippen MR) is 136 cm³/mol. The van der Waals surface area contributed by atoms with Gasteiger partial charge in [-0.25, -0.2) is 4.39 Å². The van der Waals surface area contributed by atoms with Crippen molar-refractivity contribution in [3.63, 3.8) is 0 Å². The van der Waals surface area contributed by atoms with E-state index in [4.69, 9.17) is 9.47 Å². The minimum atomic E-state index is -0.247. The Hall–Kier alpha value is -3.90. The Morgan fingerprint density at radius 2 is 1.43 bits per heavy atom. The summed E-state index contributed by atoms with van der Waals surface area (Å²) in [4.78, 5) is 6.71. The molecule has 0 atom stereocenters. The number of hydrogen-bond donors (Lipinski definition) is 1. The second-order valence-electron chi connectivity index (χ2n) is 8.45. The number of nitrogens with one attached hydrogen (secondary N) is 1. The number of anilines is 1. The van der Waals surface area contributed by atoms with E-state index in [1.54, 1.807) is 12.1 Å². The summed E-state index contributed by atoms with van der Waals surface area (Å²) in [5.74, 6) is 0.620. The van der Waals surface area contributed by atoms with Crippen molar-refractivity contribution < 1.29 is 13.9 Å². The van der Waals surface area contributed by atoms with Crippen molar-refractivity contribution in [1.29, 1.82) is 0 Å². The number of ether oxygens (including phenoxy) is 2. The monoisotopic (exact) mass is 469 g/mol. The molecular weight excluding hydrogens is 441 g/mol.